The number of rotatable bonds is 7. The van der Waals surface area contributed by atoms with Crippen LogP contribution in [0.4, 0.5) is 5.69 Å². The van der Waals surface area contributed by atoms with Gasteiger partial charge in [0.25, 0.3) is 10.0 Å². The monoisotopic (exact) mass is 326 g/mol. The normalized spacial score (nSPS) is 11.3. The molecule has 2 aromatic rings. The summed E-state index contributed by atoms with van der Waals surface area (Å²) in [6, 6.07) is 8.52. The molecule has 7 heteroatoms. The van der Waals surface area contributed by atoms with Gasteiger partial charge in [0.2, 0.25) is 0 Å². The molecule has 2 N–H and O–H groups in total. The van der Waals surface area contributed by atoms with Gasteiger partial charge >= 0.3 is 0 Å². The minimum atomic E-state index is -3.54. The molecule has 0 unspecified atom stereocenters. The summed E-state index contributed by atoms with van der Waals surface area (Å²) in [6.07, 6.45) is 0. The zero-order valence-electron chi connectivity index (χ0n) is 11.9. The van der Waals surface area contributed by atoms with Crippen molar-refractivity contribution in [3.05, 3.63) is 40.6 Å². The van der Waals surface area contributed by atoms with E-state index in [2.05, 4.69) is 10.0 Å². The highest BCUT2D eigenvalue weighted by Gasteiger charge is 2.16. The van der Waals surface area contributed by atoms with E-state index in [4.69, 9.17) is 4.74 Å². The highest BCUT2D eigenvalue weighted by Crippen LogP contribution is 2.23. The Morgan fingerprint density at radius 3 is 2.57 bits per heavy atom. The molecule has 0 radical (unpaired) electrons. The van der Waals surface area contributed by atoms with Gasteiger partial charge in [-0.3, -0.25) is 4.72 Å². The highest BCUT2D eigenvalue weighted by molar-refractivity contribution is 7.92. The second kappa shape index (κ2) is 6.93. The Balaban J connectivity index is 2.12. The Hall–Kier alpha value is -1.57. The molecule has 0 aliphatic carbocycles. The van der Waals surface area contributed by atoms with E-state index in [9.17, 15) is 8.42 Å². The quantitative estimate of drug-likeness (QED) is 0.821. The van der Waals surface area contributed by atoms with Crippen LogP contribution < -0.4 is 14.8 Å². The van der Waals surface area contributed by atoms with Crippen LogP contribution in [0.3, 0.4) is 0 Å². The van der Waals surface area contributed by atoms with Crippen LogP contribution in [-0.4, -0.2) is 22.1 Å². The van der Waals surface area contributed by atoms with Gasteiger partial charge in [-0.25, -0.2) is 8.42 Å². The predicted octanol–water partition coefficient (Wildman–Crippen LogP) is 2.67. The van der Waals surface area contributed by atoms with E-state index in [0.717, 1.165) is 4.88 Å². The van der Waals surface area contributed by atoms with Crippen LogP contribution >= 0.6 is 11.3 Å². The van der Waals surface area contributed by atoms with Crippen molar-refractivity contribution in [3.8, 4) is 5.75 Å². The summed E-state index contributed by atoms with van der Waals surface area (Å²) in [6.45, 7) is 3.13. The van der Waals surface area contributed by atoms with Crippen LogP contribution in [0.15, 0.2) is 40.6 Å². The lowest BCUT2D eigenvalue weighted by Gasteiger charge is -2.08. The van der Waals surface area contributed by atoms with E-state index in [1.807, 2.05) is 14.0 Å². The Bertz CT molecular complexity index is 678. The zero-order valence-corrected chi connectivity index (χ0v) is 13.6. The number of benzene rings is 1. The van der Waals surface area contributed by atoms with Gasteiger partial charge in [0, 0.05) is 22.5 Å². The van der Waals surface area contributed by atoms with E-state index in [0.29, 0.717) is 24.6 Å². The van der Waals surface area contributed by atoms with E-state index < -0.39 is 10.0 Å². The van der Waals surface area contributed by atoms with Crippen molar-refractivity contribution < 1.29 is 13.2 Å². The van der Waals surface area contributed by atoms with Crippen LogP contribution in [-0.2, 0) is 16.6 Å². The minimum Gasteiger partial charge on any atom is -0.494 e. The lowest BCUT2D eigenvalue weighted by atomic mass is 10.3. The summed E-state index contributed by atoms with van der Waals surface area (Å²) < 4.78 is 32.4. The topological polar surface area (TPSA) is 67.4 Å². The Kier molecular flexibility index (Phi) is 5.22. The van der Waals surface area contributed by atoms with Gasteiger partial charge in [0.1, 0.15) is 5.75 Å². The molecule has 0 saturated carbocycles. The zero-order chi connectivity index (χ0) is 15.3. The molecule has 5 nitrogen and oxygen atoms in total. The maximum Gasteiger partial charge on any atom is 0.262 e. The van der Waals surface area contributed by atoms with E-state index >= 15 is 0 Å². The lowest BCUT2D eigenvalue weighted by Crippen LogP contribution is -2.12. The molecule has 0 aliphatic rings. The fraction of sp³-hybridized carbons (Fsp3) is 0.286. The van der Waals surface area contributed by atoms with Crippen molar-refractivity contribution >= 4 is 27.0 Å². The van der Waals surface area contributed by atoms with Crippen LogP contribution in [0.1, 0.15) is 11.8 Å². The van der Waals surface area contributed by atoms with Crippen LogP contribution in [0.5, 0.6) is 5.75 Å². The largest absolute Gasteiger partial charge is 0.494 e. The van der Waals surface area contributed by atoms with Crippen molar-refractivity contribution in [2.24, 2.45) is 0 Å². The lowest BCUT2D eigenvalue weighted by molar-refractivity contribution is 0.340. The Morgan fingerprint density at radius 2 is 1.95 bits per heavy atom. The summed E-state index contributed by atoms with van der Waals surface area (Å²) in [7, 11) is -1.72. The first-order valence-corrected chi connectivity index (χ1v) is 8.89. The molecule has 0 amide bonds. The average molecular weight is 326 g/mol. The smallest absolute Gasteiger partial charge is 0.262 e. The number of thiophene rings is 1. The molecule has 0 fully saturated rings. The molecule has 21 heavy (non-hydrogen) atoms. The van der Waals surface area contributed by atoms with Gasteiger partial charge in [0.05, 0.1) is 11.5 Å². The fourth-order valence-electron chi connectivity index (χ4n) is 1.77. The summed E-state index contributed by atoms with van der Waals surface area (Å²) >= 11 is 1.42. The van der Waals surface area contributed by atoms with Crippen molar-refractivity contribution in [3.63, 3.8) is 0 Å². The minimum absolute atomic E-state index is 0.284. The highest BCUT2D eigenvalue weighted by atomic mass is 32.2. The fourth-order valence-corrected chi connectivity index (χ4v) is 4.11. The third-order valence-electron chi connectivity index (χ3n) is 2.71. The van der Waals surface area contributed by atoms with Gasteiger partial charge in [-0.1, -0.05) is 0 Å². The van der Waals surface area contributed by atoms with Crippen molar-refractivity contribution in [2.45, 2.75) is 18.4 Å². The Morgan fingerprint density at radius 1 is 1.24 bits per heavy atom. The first kappa shape index (κ1) is 15.8. The number of nitrogens with one attached hydrogen (secondary N) is 2. The van der Waals surface area contributed by atoms with Gasteiger partial charge in [-0.2, -0.15) is 0 Å². The second-order valence-electron chi connectivity index (χ2n) is 4.34. The van der Waals surface area contributed by atoms with Crippen molar-refractivity contribution in [2.75, 3.05) is 18.4 Å². The molecule has 0 bridgehead atoms. The summed E-state index contributed by atoms with van der Waals surface area (Å²) in [5, 5.41) is 4.64. The van der Waals surface area contributed by atoms with E-state index in [1.165, 1.54) is 11.3 Å². The standard InChI is InChI=1S/C14H18N2O3S2/c1-3-19-12-6-4-11(5-7-12)16-21(17,18)14-8-13(9-15-2)20-10-14/h4-8,10,15-16H,3,9H2,1-2H3. The molecule has 0 saturated heterocycles. The third kappa shape index (κ3) is 4.20. The maximum atomic E-state index is 12.3. The number of sulfonamides is 1. The van der Waals surface area contributed by atoms with Gasteiger partial charge in [0.15, 0.2) is 0 Å². The van der Waals surface area contributed by atoms with Crippen LogP contribution in [0, 0.1) is 0 Å². The number of ether oxygens (including phenoxy) is 1. The van der Waals surface area contributed by atoms with Crippen molar-refractivity contribution in [1.29, 1.82) is 0 Å². The molecule has 1 heterocycles. The number of anilines is 1. The third-order valence-corrected chi connectivity index (χ3v) is 5.16. The Labute approximate surface area is 129 Å². The summed E-state index contributed by atoms with van der Waals surface area (Å²) in [4.78, 5) is 1.26. The molecule has 1 aromatic heterocycles. The number of hydrogen-bond acceptors (Lipinski definition) is 5. The molecule has 0 atom stereocenters. The number of hydrogen-bond donors (Lipinski definition) is 2. The first-order valence-electron chi connectivity index (χ1n) is 6.53. The molecular formula is C14H18N2O3S2. The van der Waals surface area contributed by atoms with E-state index in [1.54, 1.807) is 35.7 Å². The van der Waals surface area contributed by atoms with Crippen LogP contribution in [0.2, 0.25) is 0 Å². The van der Waals surface area contributed by atoms with Gasteiger partial charge in [-0.15, -0.1) is 11.3 Å². The van der Waals surface area contributed by atoms with Gasteiger partial charge < -0.3 is 10.1 Å². The van der Waals surface area contributed by atoms with Crippen molar-refractivity contribution in [1.82, 2.24) is 5.32 Å². The molecular weight excluding hydrogens is 308 g/mol. The summed E-state index contributed by atoms with van der Waals surface area (Å²) in [5.41, 5.74) is 0.514. The molecule has 0 aliphatic heterocycles. The molecule has 1 aromatic carbocycles. The summed E-state index contributed by atoms with van der Waals surface area (Å²) in [5.74, 6) is 0.715. The molecule has 2 rings (SSSR count). The van der Waals surface area contributed by atoms with E-state index in [-0.39, 0.29) is 4.90 Å². The first-order chi connectivity index (χ1) is 10.0. The predicted molar refractivity (Wildman–Crippen MR) is 85.5 cm³/mol. The average Bonchev–Trinajstić information content (AvgIpc) is 2.91. The SMILES string of the molecule is CCOc1ccc(NS(=O)(=O)c2csc(CNC)c2)cc1. The molecule has 0 spiro atoms. The maximum absolute atomic E-state index is 12.3. The van der Waals surface area contributed by atoms with Gasteiger partial charge in [-0.05, 0) is 44.3 Å². The second-order valence-corrected chi connectivity index (χ2v) is 7.02. The molecule has 114 valence electrons. The van der Waals surface area contributed by atoms with Crippen LogP contribution in [0.25, 0.3) is 0 Å².